The number of ether oxygens (including phenoxy) is 1. The van der Waals surface area contributed by atoms with Crippen LogP contribution in [0, 0.1) is 5.82 Å². The molecule has 1 rings (SSSR count). The molecule has 0 aliphatic carbocycles. The van der Waals surface area contributed by atoms with Crippen LogP contribution in [0.5, 0.6) is 0 Å². The molecule has 0 aromatic heterocycles. The summed E-state index contributed by atoms with van der Waals surface area (Å²) in [5.74, 6) is 0.342. The van der Waals surface area contributed by atoms with Gasteiger partial charge in [-0.2, -0.15) is 0 Å². The summed E-state index contributed by atoms with van der Waals surface area (Å²) < 4.78 is 18.5. The molecule has 6 nitrogen and oxygen atoms in total. The molecular formula is C18H29FN4O2. The minimum atomic E-state index is -0.514. The first-order valence-corrected chi connectivity index (χ1v) is 8.42. The highest BCUT2D eigenvalue weighted by atomic mass is 19.1. The first-order valence-electron chi connectivity index (χ1n) is 8.42. The average Bonchev–Trinajstić information content (AvgIpc) is 2.51. The SMILES string of the molecule is CCNC(=NCc1cccc(F)c1)NCCN(C)C(=O)OC(C)(C)C. The molecule has 0 saturated carbocycles. The number of halogens is 1. The van der Waals surface area contributed by atoms with Crippen molar-refractivity contribution in [2.45, 2.75) is 39.8 Å². The number of nitrogens with zero attached hydrogens (tertiary/aromatic N) is 2. The second-order valence-electron chi connectivity index (χ2n) is 6.65. The third kappa shape index (κ3) is 8.93. The summed E-state index contributed by atoms with van der Waals surface area (Å²) in [6, 6.07) is 6.36. The van der Waals surface area contributed by atoms with E-state index in [1.165, 1.54) is 17.0 Å². The molecule has 1 amide bonds. The lowest BCUT2D eigenvalue weighted by Crippen LogP contribution is -2.43. The van der Waals surface area contributed by atoms with Crippen molar-refractivity contribution in [1.29, 1.82) is 0 Å². The number of carbonyl (C=O) groups excluding carboxylic acids is 1. The standard InChI is InChI=1S/C18H29FN4O2/c1-6-20-16(22-13-14-8-7-9-15(19)12-14)21-10-11-23(5)17(24)25-18(2,3)4/h7-9,12H,6,10-11,13H2,1-5H3,(H2,20,21,22). The molecular weight excluding hydrogens is 323 g/mol. The molecule has 0 unspecified atom stereocenters. The molecule has 25 heavy (non-hydrogen) atoms. The van der Waals surface area contributed by atoms with E-state index in [9.17, 15) is 9.18 Å². The number of hydrogen-bond donors (Lipinski definition) is 2. The number of aliphatic imine (C=N–C) groups is 1. The molecule has 0 heterocycles. The quantitative estimate of drug-likeness (QED) is 0.610. The Morgan fingerprint density at radius 3 is 2.64 bits per heavy atom. The number of hydrogen-bond acceptors (Lipinski definition) is 3. The summed E-state index contributed by atoms with van der Waals surface area (Å²) >= 11 is 0. The van der Waals surface area contributed by atoms with Gasteiger partial charge in [-0.05, 0) is 45.4 Å². The van der Waals surface area contributed by atoms with Gasteiger partial charge >= 0.3 is 6.09 Å². The van der Waals surface area contributed by atoms with Crippen LogP contribution in [0.1, 0.15) is 33.3 Å². The van der Waals surface area contributed by atoms with Gasteiger partial charge in [0, 0.05) is 26.7 Å². The summed E-state index contributed by atoms with van der Waals surface area (Å²) in [4.78, 5) is 17.8. The van der Waals surface area contributed by atoms with Crippen LogP contribution in [0.3, 0.4) is 0 Å². The Labute approximate surface area is 149 Å². The third-order valence-electron chi connectivity index (χ3n) is 3.10. The first-order chi connectivity index (χ1) is 11.7. The monoisotopic (exact) mass is 352 g/mol. The zero-order valence-electron chi connectivity index (χ0n) is 15.7. The molecule has 0 aliphatic heterocycles. The van der Waals surface area contributed by atoms with Crippen molar-refractivity contribution < 1.29 is 13.9 Å². The fourth-order valence-corrected chi connectivity index (χ4v) is 1.92. The zero-order chi connectivity index (χ0) is 18.9. The number of guanidine groups is 1. The molecule has 0 radical (unpaired) electrons. The summed E-state index contributed by atoms with van der Waals surface area (Å²) in [6.45, 7) is 9.53. The van der Waals surface area contributed by atoms with Crippen LogP contribution in [0.15, 0.2) is 29.3 Å². The lowest BCUT2D eigenvalue weighted by atomic mass is 10.2. The summed E-state index contributed by atoms with van der Waals surface area (Å²) in [5, 5.41) is 6.27. The topological polar surface area (TPSA) is 66.0 Å². The number of carbonyl (C=O) groups is 1. The van der Waals surface area contributed by atoms with Crippen LogP contribution < -0.4 is 10.6 Å². The Kier molecular flexibility index (Phi) is 8.18. The Bertz CT molecular complexity index is 585. The van der Waals surface area contributed by atoms with Gasteiger partial charge in [0.2, 0.25) is 0 Å². The van der Waals surface area contributed by atoms with Crippen molar-refractivity contribution in [3.05, 3.63) is 35.6 Å². The number of amides is 1. The maximum atomic E-state index is 13.2. The van der Waals surface area contributed by atoms with Crippen LogP contribution in [0.2, 0.25) is 0 Å². The number of nitrogens with one attached hydrogen (secondary N) is 2. The third-order valence-corrected chi connectivity index (χ3v) is 3.10. The van der Waals surface area contributed by atoms with Gasteiger partial charge in [-0.15, -0.1) is 0 Å². The van der Waals surface area contributed by atoms with E-state index in [0.717, 1.165) is 5.56 Å². The van der Waals surface area contributed by atoms with E-state index in [1.807, 2.05) is 33.8 Å². The average molecular weight is 352 g/mol. The molecule has 0 saturated heterocycles. The van der Waals surface area contributed by atoms with Crippen molar-refractivity contribution in [2.24, 2.45) is 4.99 Å². The van der Waals surface area contributed by atoms with Gasteiger partial charge in [0.05, 0.1) is 6.54 Å². The van der Waals surface area contributed by atoms with Crippen LogP contribution in [-0.4, -0.2) is 49.2 Å². The molecule has 1 aromatic carbocycles. The second kappa shape index (κ2) is 9.86. The number of benzene rings is 1. The van der Waals surface area contributed by atoms with Crippen LogP contribution in [0.25, 0.3) is 0 Å². The zero-order valence-corrected chi connectivity index (χ0v) is 15.7. The molecule has 0 aliphatic rings. The maximum absolute atomic E-state index is 13.2. The number of rotatable bonds is 6. The van der Waals surface area contributed by atoms with Crippen LogP contribution in [-0.2, 0) is 11.3 Å². The van der Waals surface area contributed by atoms with E-state index in [0.29, 0.717) is 32.1 Å². The normalized spacial score (nSPS) is 11.8. The molecule has 140 valence electrons. The summed E-state index contributed by atoms with van der Waals surface area (Å²) in [6.07, 6.45) is -0.365. The van der Waals surface area contributed by atoms with Crippen molar-refractivity contribution in [3.8, 4) is 0 Å². The van der Waals surface area contributed by atoms with Crippen molar-refractivity contribution in [3.63, 3.8) is 0 Å². The molecule has 0 spiro atoms. The van der Waals surface area contributed by atoms with E-state index in [-0.39, 0.29) is 11.9 Å². The molecule has 2 N–H and O–H groups in total. The molecule has 1 aromatic rings. The lowest BCUT2D eigenvalue weighted by Gasteiger charge is -2.24. The highest BCUT2D eigenvalue weighted by molar-refractivity contribution is 5.79. The van der Waals surface area contributed by atoms with Crippen LogP contribution >= 0.6 is 0 Å². The Balaban J connectivity index is 2.49. The Morgan fingerprint density at radius 1 is 1.32 bits per heavy atom. The van der Waals surface area contributed by atoms with Crippen LogP contribution in [0.4, 0.5) is 9.18 Å². The van der Waals surface area contributed by atoms with E-state index >= 15 is 0 Å². The largest absolute Gasteiger partial charge is 0.444 e. The molecule has 0 fully saturated rings. The fourth-order valence-electron chi connectivity index (χ4n) is 1.92. The van der Waals surface area contributed by atoms with E-state index < -0.39 is 5.60 Å². The highest BCUT2D eigenvalue weighted by Crippen LogP contribution is 2.08. The predicted molar refractivity (Wildman–Crippen MR) is 98.1 cm³/mol. The smallest absolute Gasteiger partial charge is 0.410 e. The lowest BCUT2D eigenvalue weighted by molar-refractivity contribution is 0.0302. The Hall–Kier alpha value is -2.31. The van der Waals surface area contributed by atoms with Gasteiger partial charge in [0.1, 0.15) is 11.4 Å². The van der Waals surface area contributed by atoms with E-state index in [4.69, 9.17) is 4.74 Å². The van der Waals surface area contributed by atoms with Gasteiger partial charge in [0.15, 0.2) is 5.96 Å². The van der Waals surface area contributed by atoms with Gasteiger partial charge in [-0.25, -0.2) is 14.2 Å². The summed E-state index contributed by atoms with van der Waals surface area (Å²) in [5.41, 5.74) is 0.281. The minimum absolute atomic E-state index is 0.273. The number of likely N-dealkylation sites (N-methyl/N-ethyl adjacent to an activating group) is 1. The maximum Gasteiger partial charge on any atom is 0.410 e. The van der Waals surface area contributed by atoms with Gasteiger partial charge < -0.3 is 20.3 Å². The summed E-state index contributed by atoms with van der Waals surface area (Å²) in [7, 11) is 1.69. The fraction of sp³-hybridized carbons (Fsp3) is 0.556. The van der Waals surface area contributed by atoms with Gasteiger partial charge in [-0.3, -0.25) is 0 Å². The first kappa shape index (κ1) is 20.7. The molecule has 7 heteroatoms. The highest BCUT2D eigenvalue weighted by Gasteiger charge is 2.19. The van der Waals surface area contributed by atoms with E-state index in [2.05, 4.69) is 15.6 Å². The minimum Gasteiger partial charge on any atom is -0.444 e. The Morgan fingerprint density at radius 2 is 2.04 bits per heavy atom. The van der Waals surface area contributed by atoms with Crippen molar-refractivity contribution >= 4 is 12.1 Å². The van der Waals surface area contributed by atoms with Gasteiger partial charge in [-0.1, -0.05) is 12.1 Å². The van der Waals surface area contributed by atoms with Gasteiger partial charge in [0.25, 0.3) is 0 Å². The second-order valence-corrected chi connectivity index (χ2v) is 6.65. The van der Waals surface area contributed by atoms with Crippen molar-refractivity contribution in [1.82, 2.24) is 15.5 Å². The molecule has 0 atom stereocenters. The van der Waals surface area contributed by atoms with Crippen molar-refractivity contribution in [2.75, 3.05) is 26.7 Å². The molecule has 0 bridgehead atoms. The predicted octanol–water partition coefficient (Wildman–Crippen LogP) is 2.75. The van der Waals surface area contributed by atoms with E-state index in [1.54, 1.807) is 13.1 Å².